The molecule has 1 aromatic rings. The molecule has 0 atom stereocenters. The van der Waals surface area contributed by atoms with Crippen LogP contribution in [0.15, 0.2) is 36.4 Å². The highest BCUT2D eigenvalue weighted by Gasteiger charge is 2.08. The van der Waals surface area contributed by atoms with E-state index in [1.807, 2.05) is 30.3 Å². The molecule has 0 aliphatic rings. The molecular formula is C15H19NO4. The van der Waals surface area contributed by atoms with Crippen LogP contribution in [0.3, 0.4) is 0 Å². The Bertz CT molecular complexity index is 468. The smallest absolute Gasteiger partial charge is 0.332 e. The first-order chi connectivity index (χ1) is 9.67. The highest BCUT2D eigenvalue weighted by atomic mass is 16.5. The summed E-state index contributed by atoms with van der Waals surface area (Å²) in [7, 11) is 0. The SMILES string of the molecule is CCOC(=O)/C=C(\NCC(=O)OCC)c1ccccc1. The van der Waals surface area contributed by atoms with Gasteiger partial charge in [0.25, 0.3) is 0 Å². The van der Waals surface area contributed by atoms with Gasteiger partial charge < -0.3 is 14.8 Å². The molecule has 0 aromatic heterocycles. The summed E-state index contributed by atoms with van der Waals surface area (Å²) in [5.41, 5.74) is 1.32. The Hall–Kier alpha value is -2.30. The average molecular weight is 277 g/mol. The lowest BCUT2D eigenvalue weighted by Crippen LogP contribution is -2.24. The van der Waals surface area contributed by atoms with Crippen molar-refractivity contribution in [2.75, 3.05) is 19.8 Å². The lowest BCUT2D eigenvalue weighted by atomic mass is 10.1. The van der Waals surface area contributed by atoms with Gasteiger partial charge in [0.2, 0.25) is 0 Å². The monoisotopic (exact) mass is 277 g/mol. The highest BCUT2D eigenvalue weighted by molar-refractivity contribution is 5.91. The molecule has 108 valence electrons. The Kier molecular flexibility index (Phi) is 6.89. The lowest BCUT2D eigenvalue weighted by molar-refractivity contribution is -0.142. The van der Waals surface area contributed by atoms with Gasteiger partial charge in [0.1, 0.15) is 6.54 Å². The van der Waals surface area contributed by atoms with Crippen molar-refractivity contribution < 1.29 is 19.1 Å². The second-order valence-corrected chi connectivity index (χ2v) is 3.83. The van der Waals surface area contributed by atoms with Crippen molar-refractivity contribution >= 4 is 17.6 Å². The van der Waals surface area contributed by atoms with E-state index in [0.29, 0.717) is 18.9 Å². The third-order valence-corrected chi connectivity index (χ3v) is 2.36. The Morgan fingerprint density at radius 3 is 2.35 bits per heavy atom. The Balaban J connectivity index is 2.80. The van der Waals surface area contributed by atoms with E-state index in [4.69, 9.17) is 9.47 Å². The van der Waals surface area contributed by atoms with Crippen molar-refractivity contribution in [2.24, 2.45) is 0 Å². The zero-order valence-corrected chi connectivity index (χ0v) is 11.7. The summed E-state index contributed by atoms with van der Waals surface area (Å²) in [5, 5.41) is 2.90. The number of rotatable bonds is 7. The number of esters is 2. The molecule has 0 saturated heterocycles. The van der Waals surface area contributed by atoms with E-state index in [1.165, 1.54) is 6.08 Å². The zero-order valence-electron chi connectivity index (χ0n) is 11.7. The van der Waals surface area contributed by atoms with E-state index in [1.54, 1.807) is 13.8 Å². The van der Waals surface area contributed by atoms with Gasteiger partial charge in [-0.05, 0) is 19.4 Å². The minimum absolute atomic E-state index is 0.00598. The van der Waals surface area contributed by atoms with Gasteiger partial charge in [-0.2, -0.15) is 0 Å². The van der Waals surface area contributed by atoms with Crippen LogP contribution in [0.4, 0.5) is 0 Å². The number of ether oxygens (including phenoxy) is 2. The largest absolute Gasteiger partial charge is 0.465 e. The molecule has 5 nitrogen and oxygen atoms in total. The van der Waals surface area contributed by atoms with Crippen LogP contribution in [-0.2, 0) is 19.1 Å². The molecule has 5 heteroatoms. The maximum Gasteiger partial charge on any atom is 0.332 e. The molecule has 0 radical (unpaired) electrons. The topological polar surface area (TPSA) is 64.6 Å². The van der Waals surface area contributed by atoms with Gasteiger partial charge in [-0.3, -0.25) is 4.79 Å². The van der Waals surface area contributed by atoms with Crippen molar-refractivity contribution in [1.29, 1.82) is 0 Å². The van der Waals surface area contributed by atoms with Crippen LogP contribution in [0.1, 0.15) is 19.4 Å². The first-order valence-corrected chi connectivity index (χ1v) is 6.50. The van der Waals surface area contributed by atoms with E-state index < -0.39 is 5.97 Å². The van der Waals surface area contributed by atoms with Crippen molar-refractivity contribution in [2.45, 2.75) is 13.8 Å². The number of hydrogen-bond donors (Lipinski definition) is 1. The standard InChI is InChI=1S/C15H19NO4/c1-3-19-14(17)10-13(12-8-6-5-7-9-12)16-11-15(18)20-4-2/h5-10,16H,3-4,11H2,1-2H3/b13-10-. The van der Waals surface area contributed by atoms with Crippen molar-refractivity contribution in [3.8, 4) is 0 Å². The van der Waals surface area contributed by atoms with Crippen LogP contribution in [0.25, 0.3) is 5.70 Å². The maximum absolute atomic E-state index is 11.5. The van der Waals surface area contributed by atoms with E-state index in [-0.39, 0.29) is 12.5 Å². The molecule has 0 bridgehead atoms. The minimum atomic E-state index is -0.456. The molecule has 0 aliphatic heterocycles. The normalized spacial score (nSPS) is 10.8. The van der Waals surface area contributed by atoms with Crippen LogP contribution in [0, 0.1) is 0 Å². The molecule has 1 N–H and O–H groups in total. The van der Waals surface area contributed by atoms with Crippen LogP contribution < -0.4 is 5.32 Å². The summed E-state index contributed by atoms with van der Waals surface area (Å²) >= 11 is 0. The molecule has 20 heavy (non-hydrogen) atoms. The number of carbonyl (C=O) groups is 2. The summed E-state index contributed by atoms with van der Waals surface area (Å²) < 4.78 is 9.71. The third kappa shape index (κ3) is 5.56. The van der Waals surface area contributed by atoms with Crippen LogP contribution >= 0.6 is 0 Å². The molecule has 0 amide bonds. The molecule has 1 aromatic carbocycles. The Morgan fingerprint density at radius 2 is 1.75 bits per heavy atom. The fourth-order valence-electron chi connectivity index (χ4n) is 1.54. The first-order valence-electron chi connectivity index (χ1n) is 6.50. The summed E-state index contributed by atoms with van der Waals surface area (Å²) in [6.07, 6.45) is 1.33. The quantitative estimate of drug-likeness (QED) is 0.607. The van der Waals surface area contributed by atoms with Crippen LogP contribution in [0.5, 0.6) is 0 Å². The zero-order chi connectivity index (χ0) is 14.8. The molecule has 0 fully saturated rings. The molecule has 0 saturated carbocycles. The Morgan fingerprint density at radius 1 is 1.10 bits per heavy atom. The number of benzene rings is 1. The van der Waals surface area contributed by atoms with E-state index in [0.717, 1.165) is 5.56 Å². The highest BCUT2D eigenvalue weighted by Crippen LogP contribution is 2.11. The first kappa shape index (κ1) is 15.8. The van der Waals surface area contributed by atoms with Gasteiger partial charge >= 0.3 is 11.9 Å². The van der Waals surface area contributed by atoms with E-state index >= 15 is 0 Å². The summed E-state index contributed by atoms with van der Waals surface area (Å²) in [5.74, 6) is -0.832. The Labute approximate surface area is 118 Å². The predicted octanol–water partition coefficient (Wildman–Crippen LogP) is 1.74. The number of hydrogen-bond acceptors (Lipinski definition) is 5. The fraction of sp³-hybridized carbons (Fsp3) is 0.333. The molecule has 0 spiro atoms. The second kappa shape index (κ2) is 8.74. The number of nitrogens with one attached hydrogen (secondary N) is 1. The molecule has 0 heterocycles. The lowest BCUT2D eigenvalue weighted by Gasteiger charge is -2.10. The van der Waals surface area contributed by atoms with Gasteiger partial charge in [-0.15, -0.1) is 0 Å². The molecule has 1 rings (SSSR count). The van der Waals surface area contributed by atoms with Crippen LogP contribution in [0.2, 0.25) is 0 Å². The van der Waals surface area contributed by atoms with Crippen LogP contribution in [-0.4, -0.2) is 31.7 Å². The van der Waals surface area contributed by atoms with Crippen molar-refractivity contribution in [3.63, 3.8) is 0 Å². The van der Waals surface area contributed by atoms with Gasteiger partial charge in [0.15, 0.2) is 0 Å². The second-order valence-electron chi connectivity index (χ2n) is 3.83. The fourth-order valence-corrected chi connectivity index (χ4v) is 1.54. The molecule has 0 aliphatic carbocycles. The van der Waals surface area contributed by atoms with Crippen molar-refractivity contribution in [3.05, 3.63) is 42.0 Å². The molecule has 0 unspecified atom stereocenters. The number of carbonyl (C=O) groups excluding carboxylic acids is 2. The molecular weight excluding hydrogens is 258 g/mol. The predicted molar refractivity (Wildman–Crippen MR) is 75.7 cm³/mol. The van der Waals surface area contributed by atoms with Crippen molar-refractivity contribution in [1.82, 2.24) is 5.32 Å². The minimum Gasteiger partial charge on any atom is -0.465 e. The van der Waals surface area contributed by atoms with Gasteiger partial charge in [-0.25, -0.2) is 4.79 Å². The summed E-state index contributed by atoms with van der Waals surface area (Å²) in [6.45, 7) is 4.09. The summed E-state index contributed by atoms with van der Waals surface area (Å²) in [6, 6.07) is 9.24. The van der Waals surface area contributed by atoms with Gasteiger partial charge in [0, 0.05) is 11.8 Å². The van der Waals surface area contributed by atoms with Gasteiger partial charge in [0.05, 0.1) is 13.2 Å². The maximum atomic E-state index is 11.5. The summed E-state index contributed by atoms with van der Waals surface area (Å²) in [4.78, 5) is 22.9. The van der Waals surface area contributed by atoms with E-state index in [2.05, 4.69) is 5.32 Å². The third-order valence-electron chi connectivity index (χ3n) is 2.36. The van der Waals surface area contributed by atoms with E-state index in [9.17, 15) is 9.59 Å². The average Bonchev–Trinajstić information content (AvgIpc) is 2.45. The van der Waals surface area contributed by atoms with Gasteiger partial charge in [-0.1, -0.05) is 30.3 Å².